The Hall–Kier alpha value is -1.26. The number of hydrogen-bond acceptors (Lipinski definition) is 4. The summed E-state index contributed by atoms with van der Waals surface area (Å²) < 4.78 is 0. The van der Waals surface area contributed by atoms with E-state index in [-0.39, 0.29) is 0 Å². The fraction of sp³-hybridized carbons (Fsp3) is 0.250. The van der Waals surface area contributed by atoms with Crippen LogP contribution in [0.5, 0.6) is 0 Å². The molecule has 3 N–H and O–H groups in total. The second-order valence-electron chi connectivity index (χ2n) is 3.65. The molecule has 2 aromatic heterocycles. The minimum Gasteiger partial charge on any atom is -0.396 e. The molecule has 2 heterocycles. The van der Waals surface area contributed by atoms with Gasteiger partial charge in [-0.15, -0.1) is 11.3 Å². The number of aromatic nitrogens is 1. The van der Waals surface area contributed by atoms with Crippen molar-refractivity contribution in [1.82, 2.24) is 4.98 Å². The number of rotatable bonds is 4. The molecular formula is C12H14ClN3S. The van der Waals surface area contributed by atoms with E-state index in [9.17, 15) is 0 Å². The molecule has 0 spiro atoms. The summed E-state index contributed by atoms with van der Waals surface area (Å²) in [6, 6.07) is 7.71. The molecule has 0 atom stereocenters. The van der Waals surface area contributed by atoms with Crippen LogP contribution >= 0.6 is 22.9 Å². The average Bonchev–Trinajstić information content (AvgIpc) is 2.78. The number of pyridine rings is 1. The first-order chi connectivity index (χ1) is 8.19. The molecule has 0 saturated carbocycles. The quantitative estimate of drug-likeness (QED) is 0.833. The molecular weight excluding hydrogens is 254 g/mol. The molecule has 0 aliphatic carbocycles. The van der Waals surface area contributed by atoms with E-state index in [1.807, 2.05) is 0 Å². The van der Waals surface area contributed by atoms with E-state index >= 15 is 0 Å². The van der Waals surface area contributed by atoms with Gasteiger partial charge in [0.15, 0.2) is 5.82 Å². The van der Waals surface area contributed by atoms with E-state index in [0.717, 1.165) is 13.0 Å². The summed E-state index contributed by atoms with van der Waals surface area (Å²) in [4.78, 5) is 6.80. The van der Waals surface area contributed by atoms with Gasteiger partial charge in [0.1, 0.15) is 5.15 Å². The van der Waals surface area contributed by atoms with Crippen LogP contribution < -0.4 is 11.1 Å². The fourth-order valence-corrected chi connectivity index (χ4v) is 2.51. The Morgan fingerprint density at radius 2 is 2.06 bits per heavy atom. The minimum absolute atomic E-state index is 0.446. The van der Waals surface area contributed by atoms with Crippen LogP contribution in [0.2, 0.25) is 5.15 Å². The lowest BCUT2D eigenvalue weighted by molar-refractivity contribution is 1.14. The van der Waals surface area contributed by atoms with Crippen molar-refractivity contribution in [2.45, 2.75) is 19.9 Å². The molecule has 0 fully saturated rings. The topological polar surface area (TPSA) is 50.9 Å². The lowest BCUT2D eigenvalue weighted by Crippen LogP contribution is -2.03. The van der Waals surface area contributed by atoms with Crippen LogP contribution in [0.15, 0.2) is 24.3 Å². The Morgan fingerprint density at radius 3 is 2.76 bits per heavy atom. The van der Waals surface area contributed by atoms with E-state index in [2.05, 4.69) is 29.4 Å². The van der Waals surface area contributed by atoms with E-state index in [4.69, 9.17) is 17.3 Å². The first kappa shape index (κ1) is 12.2. The maximum atomic E-state index is 5.82. The second kappa shape index (κ2) is 5.38. The van der Waals surface area contributed by atoms with Gasteiger partial charge in [0, 0.05) is 9.75 Å². The highest BCUT2D eigenvalue weighted by Gasteiger charge is 2.03. The van der Waals surface area contributed by atoms with Crippen molar-refractivity contribution in [1.29, 1.82) is 0 Å². The standard InChI is InChI=1S/C12H14ClN3S/c1-2-8-3-4-9(17-8)7-15-12-10(14)5-6-11(13)16-12/h3-6H,2,7,14H2,1H3,(H,15,16). The smallest absolute Gasteiger partial charge is 0.151 e. The lowest BCUT2D eigenvalue weighted by atomic mass is 10.3. The van der Waals surface area contributed by atoms with Gasteiger partial charge in [-0.3, -0.25) is 0 Å². The van der Waals surface area contributed by atoms with Crippen LogP contribution in [0.3, 0.4) is 0 Å². The summed E-state index contributed by atoms with van der Waals surface area (Å²) in [5, 5.41) is 3.64. The van der Waals surface area contributed by atoms with Gasteiger partial charge in [-0.2, -0.15) is 0 Å². The van der Waals surface area contributed by atoms with Crippen molar-refractivity contribution in [3.8, 4) is 0 Å². The lowest BCUT2D eigenvalue weighted by Gasteiger charge is -2.07. The molecule has 0 aliphatic rings. The first-order valence-electron chi connectivity index (χ1n) is 5.42. The van der Waals surface area contributed by atoms with Crippen molar-refractivity contribution in [2.75, 3.05) is 11.1 Å². The molecule has 0 radical (unpaired) electrons. The van der Waals surface area contributed by atoms with Crippen LogP contribution in [0.4, 0.5) is 11.5 Å². The van der Waals surface area contributed by atoms with E-state index < -0.39 is 0 Å². The number of anilines is 2. The van der Waals surface area contributed by atoms with Crippen LogP contribution in [0.1, 0.15) is 16.7 Å². The average molecular weight is 268 g/mol. The monoisotopic (exact) mass is 267 g/mol. The largest absolute Gasteiger partial charge is 0.396 e. The van der Waals surface area contributed by atoms with E-state index in [1.54, 1.807) is 23.5 Å². The van der Waals surface area contributed by atoms with Crippen molar-refractivity contribution in [3.05, 3.63) is 39.2 Å². The van der Waals surface area contributed by atoms with Crippen LogP contribution in [-0.2, 0) is 13.0 Å². The SMILES string of the molecule is CCc1ccc(CNc2nc(Cl)ccc2N)s1. The number of aryl methyl sites for hydroxylation is 1. The van der Waals surface area contributed by atoms with Gasteiger partial charge in [-0.05, 0) is 30.7 Å². The molecule has 17 heavy (non-hydrogen) atoms. The summed E-state index contributed by atoms with van der Waals surface area (Å²) in [7, 11) is 0. The zero-order chi connectivity index (χ0) is 12.3. The molecule has 90 valence electrons. The molecule has 2 aromatic rings. The summed E-state index contributed by atoms with van der Waals surface area (Å²) in [6.45, 7) is 2.88. The van der Waals surface area contributed by atoms with Gasteiger partial charge in [-0.25, -0.2) is 4.98 Å². The molecule has 0 aromatic carbocycles. The molecule has 5 heteroatoms. The summed E-state index contributed by atoms with van der Waals surface area (Å²) in [5.74, 6) is 0.643. The summed E-state index contributed by atoms with van der Waals surface area (Å²) in [5.41, 5.74) is 6.42. The number of nitrogens with zero attached hydrogens (tertiary/aromatic N) is 1. The Labute approximate surface area is 110 Å². The molecule has 0 amide bonds. The highest BCUT2D eigenvalue weighted by atomic mass is 35.5. The highest BCUT2D eigenvalue weighted by molar-refractivity contribution is 7.12. The van der Waals surface area contributed by atoms with E-state index in [0.29, 0.717) is 16.7 Å². The van der Waals surface area contributed by atoms with Gasteiger partial charge in [-0.1, -0.05) is 18.5 Å². The summed E-state index contributed by atoms with van der Waals surface area (Å²) in [6.07, 6.45) is 1.07. The predicted molar refractivity (Wildman–Crippen MR) is 74.7 cm³/mol. The zero-order valence-corrected chi connectivity index (χ0v) is 11.1. The normalized spacial score (nSPS) is 10.5. The second-order valence-corrected chi connectivity index (χ2v) is 5.29. The van der Waals surface area contributed by atoms with Crippen LogP contribution in [0, 0.1) is 0 Å². The Bertz CT molecular complexity index is 510. The van der Waals surface area contributed by atoms with Gasteiger partial charge in [0.05, 0.1) is 12.2 Å². The van der Waals surface area contributed by atoms with Gasteiger partial charge in [0.25, 0.3) is 0 Å². The third-order valence-corrected chi connectivity index (χ3v) is 3.83. The minimum atomic E-state index is 0.446. The number of nitrogen functional groups attached to an aromatic ring is 1. The van der Waals surface area contributed by atoms with Gasteiger partial charge < -0.3 is 11.1 Å². The number of hydrogen-bond donors (Lipinski definition) is 2. The molecule has 0 unspecified atom stereocenters. The fourth-order valence-electron chi connectivity index (χ4n) is 1.47. The molecule has 2 rings (SSSR count). The molecule has 3 nitrogen and oxygen atoms in total. The van der Waals surface area contributed by atoms with Gasteiger partial charge in [0.2, 0.25) is 0 Å². The third kappa shape index (κ3) is 3.11. The Kier molecular flexibility index (Phi) is 3.86. The maximum absolute atomic E-state index is 5.82. The number of halogens is 1. The molecule has 0 saturated heterocycles. The first-order valence-corrected chi connectivity index (χ1v) is 6.62. The van der Waals surface area contributed by atoms with E-state index in [1.165, 1.54) is 9.75 Å². The maximum Gasteiger partial charge on any atom is 0.151 e. The number of nitrogens with one attached hydrogen (secondary N) is 1. The van der Waals surface area contributed by atoms with Gasteiger partial charge >= 0.3 is 0 Å². The van der Waals surface area contributed by atoms with Crippen molar-refractivity contribution >= 4 is 34.4 Å². The Balaban J connectivity index is 2.04. The predicted octanol–water partition coefficient (Wildman–Crippen LogP) is 3.55. The highest BCUT2D eigenvalue weighted by Crippen LogP contribution is 2.21. The molecule has 0 bridgehead atoms. The third-order valence-electron chi connectivity index (χ3n) is 2.39. The Morgan fingerprint density at radius 1 is 1.29 bits per heavy atom. The van der Waals surface area contributed by atoms with Crippen LogP contribution in [-0.4, -0.2) is 4.98 Å². The van der Waals surface area contributed by atoms with Crippen molar-refractivity contribution < 1.29 is 0 Å². The number of thiophene rings is 1. The van der Waals surface area contributed by atoms with Crippen molar-refractivity contribution in [2.24, 2.45) is 0 Å². The molecule has 0 aliphatic heterocycles. The zero-order valence-electron chi connectivity index (χ0n) is 9.53. The summed E-state index contributed by atoms with van der Waals surface area (Å²) >= 11 is 7.62. The number of nitrogens with two attached hydrogens (primary N) is 1. The van der Waals surface area contributed by atoms with Crippen molar-refractivity contribution in [3.63, 3.8) is 0 Å². The van der Waals surface area contributed by atoms with Crippen LogP contribution in [0.25, 0.3) is 0 Å².